The molecule has 0 heterocycles. The van der Waals surface area contributed by atoms with E-state index in [1.807, 2.05) is 0 Å². The molecule has 0 bridgehead atoms. The number of hydrogen-bond donors (Lipinski definition) is 0. The second-order valence-corrected chi connectivity index (χ2v) is 7.60. The fourth-order valence-corrected chi connectivity index (χ4v) is 3.07. The van der Waals surface area contributed by atoms with Crippen LogP contribution in [0.2, 0.25) is 0 Å². The van der Waals surface area contributed by atoms with E-state index < -0.39 is 0 Å². The van der Waals surface area contributed by atoms with Gasteiger partial charge in [0.1, 0.15) is 0 Å². The third kappa shape index (κ3) is 32.4. The number of isocyanates is 2. The highest BCUT2D eigenvalue weighted by molar-refractivity contribution is 5.32. The van der Waals surface area contributed by atoms with Crippen LogP contribution in [0.4, 0.5) is 0 Å². The molecule has 0 saturated heterocycles. The van der Waals surface area contributed by atoms with E-state index >= 15 is 0 Å². The van der Waals surface area contributed by atoms with E-state index in [-0.39, 0.29) is 0 Å². The van der Waals surface area contributed by atoms with Gasteiger partial charge in [0.15, 0.2) is 0 Å². The van der Waals surface area contributed by atoms with Crippen LogP contribution in [0.1, 0.15) is 129 Å². The largest absolute Gasteiger partial charge is 0.234 e. The Morgan fingerprint density at radius 3 is 1.04 bits per heavy atom. The standard InChI is InChI=1S/C19H37NO.C5H9NO/c1-2-3-4-5-6-7-8-9-10-11-12-13-14-15-16-17-18-20-19-21;1-2-3-4-6-5-7/h2-18H2,1H3;2-4H2,1H3. The molecule has 0 rings (SSSR count). The van der Waals surface area contributed by atoms with Crippen molar-refractivity contribution >= 4 is 12.2 Å². The summed E-state index contributed by atoms with van der Waals surface area (Å²) in [5.74, 6) is 0. The van der Waals surface area contributed by atoms with Gasteiger partial charge in [0.05, 0.1) is 13.1 Å². The van der Waals surface area contributed by atoms with Crippen molar-refractivity contribution in [1.82, 2.24) is 0 Å². The molecule has 28 heavy (non-hydrogen) atoms. The molecule has 0 amide bonds. The van der Waals surface area contributed by atoms with Gasteiger partial charge in [-0.2, -0.15) is 0 Å². The first-order valence-electron chi connectivity index (χ1n) is 11.9. The predicted molar refractivity (Wildman–Crippen MR) is 120 cm³/mol. The normalized spacial score (nSPS) is 9.79. The molecule has 164 valence electrons. The second kappa shape index (κ2) is 30.5. The molecule has 0 aliphatic heterocycles. The van der Waals surface area contributed by atoms with Gasteiger partial charge < -0.3 is 0 Å². The van der Waals surface area contributed by atoms with Crippen LogP contribution < -0.4 is 0 Å². The number of unbranched alkanes of at least 4 members (excludes halogenated alkanes) is 16. The Bertz CT molecular complexity index is 373. The van der Waals surface area contributed by atoms with Crippen LogP contribution >= 0.6 is 0 Å². The summed E-state index contributed by atoms with van der Waals surface area (Å²) >= 11 is 0. The van der Waals surface area contributed by atoms with E-state index in [0.29, 0.717) is 13.1 Å². The molecule has 0 atom stereocenters. The average molecular weight is 395 g/mol. The molecule has 0 aliphatic rings. The topological polar surface area (TPSA) is 58.9 Å². The number of rotatable bonds is 20. The zero-order valence-corrected chi connectivity index (χ0v) is 18.9. The van der Waals surface area contributed by atoms with Crippen molar-refractivity contribution < 1.29 is 9.59 Å². The third-order valence-electron chi connectivity index (χ3n) is 4.88. The van der Waals surface area contributed by atoms with Gasteiger partial charge >= 0.3 is 0 Å². The Morgan fingerprint density at radius 2 is 0.714 bits per heavy atom. The number of carbonyl (C=O) groups excluding carboxylic acids is 2. The minimum Gasteiger partial charge on any atom is -0.211 e. The lowest BCUT2D eigenvalue weighted by Crippen LogP contribution is -1.84. The Kier molecular flexibility index (Phi) is 31.5. The van der Waals surface area contributed by atoms with Crippen molar-refractivity contribution in [3.8, 4) is 0 Å². The zero-order chi connectivity index (χ0) is 21.0. The Labute approximate surface area is 174 Å². The first kappa shape index (κ1) is 29.0. The Morgan fingerprint density at radius 1 is 0.429 bits per heavy atom. The summed E-state index contributed by atoms with van der Waals surface area (Å²) in [5, 5.41) is 0. The average Bonchev–Trinajstić information content (AvgIpc) is 2.71. The van der Waals surface area contributed by atoms with Gasteiger partial charge in [0.25, 0.3) is 0 Å². The molecule has 0 aliphatic carbocycles. The van der Waals surface area contributed by atoms with Crippen molar-refractivity contribution in [3.05, 3.63) is 0 Å². The van der Waals surface area contributed by atoms with Gasteiger partial charge in [-0.3, -0.25) is 0 Å². The Hall–Kier alpha value is -1.24. The summed E-state index contributed by atoms with van der Waals surface area (Å²) in [6, 6.07) is 0. The highest BCUT2D eigenvalue weighted by Gasteiger charge is 1.94. The van der Waals surface area contributed by atoms with Crippen molar-refractivity contribution in [2.45, 2.75) is 129 Å². The van der Waals surface area contributed by atoms with Gasteiger partial charge in [-0.15, -0.1) is 0 Å². The monoisotopic (exact) mass is 394 g/mol. The van der Waals surface area contributed by atoms with Gasteiger partial charge in [0.2, 0.25) is 12.2 Å². The highest BCUT2D eigenvalue weighted by atomic mass is 16.1. The quantitative estimate of drug-likeness (QED) is 0.121. The van der Waals surface area contributed by atoms with Gasteiger partial charge in [-0.25, -0.2) is 19.6 Å². The summed E-state index contributed by atoms with van der Waals surface area (Å²) in [6.45, 7) is 5.64. The molecule has 0 aromatic rings. The molecule has 0 saturated carbocycles. The molecule has 0 unspecified atom stereocenters. The predicted octanol–water partition coefficient (Wildman–Crippen LogP) is 7.71. The minimum atomic E-state index is 0.639. The zero-order valence-electron chi connectivity index (χ0n) is 18.9. The van der Waals surface area contributed by atoms with Crippen LogP contribution in [0, 0.1) is 0 Å². The maximum absolute atomic E-state index is 9.87. The van der Waals surface area contributed by atoms with Crippen molar-refractivity contribution in [3.63, 3.8) is 0 Å². The Balaban J connectivity index is 0. The number of aliphatic imine (C=N–C) groups is 2. The summed E-state index contributed by atoms with van der Waals surface area (Å²) in [5.41, 5.74) is 0. The van der Waals surface area contributed by atoms with Crippen molar-refractivity contribution in [1.29, 1.82) is 0 Å². The van der Waals surface area contributed by atoms with E-state index in [2.05, 4.69) is 23.8 Å². The number of nitrogens with zero attached hydrogens (tertiary/aromatic N) is 2. The van der Waals surface area contributed by atoms with Gasteiger partial charge in [-0.1, -0.05) is 117 Å². The summed E-state index contributed by atoms with van der Waals surface area (Å²) in [6.07, 6.45) is 27.2. The molecule has 4 nitrogen and oxygen atoms in total. The molecule has 0 fully saturated rings. The van der Waals surface area contributed by atoms with E-state index in [1.54, 1.807) is 6.08 Å². The molecular formula is C24H46N2O2. The van der Waals surface area contributed by atoms with E-state index in [1.165, 1.54) is 102 Å². The molecule has 0 aromatic carbocycles. The van der Waals surface area contributed by atoms with Crippen molar-refractivity contribution in [2.75, 3.05) is 13.1 Å². The third-order valence-corrected chi connectivity index (χ3v) is 4.88. The fraction of sp³-hybridized carbons (Fsp3) is 0.917. The van der Waals surface area contributed by atoms with Gasteiger partial charge in [-0.05, 0) is 12.8 Å². The molecule has 4 heteroatoms. The van der Waals surface area contributed by atoms with Crippen LogP contribution in [-0.4, -0.2) is 25.2 Å². The lowest BCUT2D eigenvalue weighted by atomic mass is 10.0. The van der Waals surface area contributed by atoms with E-state index in [0.717, 1.165) is 19.3 Å². The van der Waals surface area contributed by atoms with Crippen LogP contribution in [0.3, 0.4) is 0 Å². The van der Waals surface area contributed by atoms with E-state index in [4.69, 9.17) is 0 Å². The van der Waals surface area contributed by atoms with Crippen LogP contribution in [-0.2, 0) is 9.59 Å². The molecule has 0 N–H and O–H groups in total. The molecular weight excluding hydrogens is 348 g/mol. The molecule has 0 radical (unpaired) electrons. The smallest absolute Gasteiger partial charge is 0.211 e. The first-order valence-corrected chi connectivity index (χ1v) is 11.9. The number of hydrogen-bond acceptors (Lipinski definition) is 4. The first-order chi connectivity index (χ1) is 13.8. The fourth-order valence-electron chi connectivity index (χ4n) is 3.07. The summed E-state index contributed by atoms with van der Waals surface area (Å²) in [7, 11) is 0. The minimum absolute atomic E-state index is 0.639. The summed E-state index contributed by atoms with van der Waals surface area (Å²) in [4.78, 5) is 26.2. The maximum Gasteiger partial charge on any atom is 0.234 e. The summed E-state index contributed by atoms with van der Waals surface area (Å²) < 4.78 is 0. The highest BCUT2D eigenvalue weighted by Crippen LogP contribution is 2.13. The second-order valence-electron chi connectivity index (χ2n) is 7.60. The van der Waals surface area contributed by atoms with Crippen molar-refractivity contribution in [2.24, 2.45) is 9.98 Å². The van der Waals surface area contributed by atoms with Crippen LogP contribution in [0.5, 0.6) is 0 Å². The van der Waals surface area contributed by atoms with Crippen LogP contribution in [0.25, 0.3) is 0 Å². The van der Waals surface area contributed by atoms with E-state index in [9.17, 15) is 9.59 Å². The lowest BCUT2D eigenvalue weighted by Gasteiger charge is -2.03. The lowest BCUT2D eigenvalue weighted by molar-refractivity contribution is 0.529. The SMILES string of the molecule is CCCCCCCCCCCCCCCCCCN=C=O.CCCCN=C=O. The molecule has 0 aromatic heterocycles. The van der Waals surface area contributed by atoms with Crippen LogP contribution in [0.15, 0.2) is 9.98 Å². The molecule has 0 spiro atoms. The maximum atomic E-state index is 9.87. The van der Waals surface area contributed by atoms with Gasteiger partial charge in [0, 0.05) is 0 Å².